The highest BCUT2D eigenvalue weighted by atomic mass is 35.5. The van der Waals surface area contributed by atoms with E-state index < -0.39 is 0 Å². The number of ether oxygens (including phenoxy) is 2. The fourth-order valence-electron chi connectivity index (χ4n) is 2.33. The zero-order valence-electron chi connectivity index (χ0n) is 15.3. The monoisotopic (exact) mass is 353 g/mol. The molecular weight excluding hydrogens is 326 g/mol. The van der Waals surface area contributed by atoms with Crippen LogP contribution in [0.3, 0.4) is 0 Å². The average molecular weight is 354 g/mol. The molecule has 0 radical (unpaired) electrons. The highest BCUT2D eigenvalue weighted by Gasteiger charge is 2.13. The lowest BCUT2D eigenvalue weighted by Crippen LogP contribution is -2.30. The molecular formula is C19H28ClNO3. The Balaban J connectivity index is 2.98. The second kappa shape index (κ2) is 10.2. The summed E-state index contributed by atoms with van der Waals surface area (Å²) in [5.74, 6) is 1.09. The number of hydrogen-bond acceptors (Lipinski definition) is 3. The van der Waals surface area contributed by atoms with Gasteiger partial charge in [-0.05, 0) is 50.5 Å². The van der Waals surface area contributed by atoms with Crippen molar-refractivity contribution in [2.24, 2.45) is 0 Å². The molecule has 1 aromatic carbocycles. The van der Waals surface area contributed by atoms with Crippen molar-refractivity contribution < 1.29 is 14.3 Å². The summed E-state index contributed by atoms with van der Waals surface area (Å²) >= 11 is 6.30. The summed E-state index contributed by atoms with van der Waals surface area (Å²) in [5, 5.41) is 0.467. The summed E-state index contributed by atoms with van der Waals surface area (Å²) < 4.78 is 11.1. The van der Waals surface area contributed by atoms with Crippen molar-refractivity contribution in [1.29, 1.82) is 0 Å². The fourth-order valence-corrected chi connectivity index (χ4v) is 2.59. The second-order valence-electron chi connectivity index (χ2n) is 5.86. The number of halogens is 1. The van der Waals surface area contributed by atoms with Gasteiger partial charge in [0.05, 0.1) is 18.2 Å². The molecule has 0 N–H and O–H groups in total. The van der Waals surface area contributed by atoms with Crippen LogP contribution in [0.5, 0.6) is 11.5 Å². The molecule has 0 unspecified atom stereocenters. The Kier molecular flexibility index (Phi) is 8.69. The molecule has 134 valence electrons. The van der Waals surface area contributed by atoms with Crippen molar-refractivity contribution in [2.75, 3.05) is 20.2 Å². The predicted molar refractivity (Wildman–Crippen MR) is 100.0 cm³/mol. The zero-order valence-corrected chi connectivity index (χ0v) is 16.0. The number of rotatable bonds is 9. The van der Waals surface area contributed by atoms with Crippen molar-refractivity contribution in [2.45, 2.75) is 46.6 Å². The highest BCUT2D eigenvalue weighted by Crippen LogP contribution is 2.37. The minimum atomic E-state index is -0.00369. The van der Waals surface area contributed by atoms with Crippen molar-refractivity contribution in [3.05, 3.63) is 28.8 Å². The van der Waals surface area contributed by atoms with Crippen molar-refractivity contribution in [3.8, 4) is 11.5 Å². The van der Waals surface area contributed by atoms with E-state index in [-0.39, 0.29) is 12.0 Å². The lowest BCUT2D eigenvalue weighted by Gasteiger charge is -2.19. The number of methoxy groups -OCH3 is 1. The molecule has 0 heterocycles. The molecule has 0 aliphatic heterocycles. The number of amides is 1. The van der Waals surface area contributed by atoms with Crippen LogP contribution in [0.15, 0.2) is 18.2 Å². The molecule has 0 atom stereocenters. The van der Waals surface area contributed by atoms with Crippen molar-refractivity contribution in [1.82, 2.24) is 4.90 Å². The molecule has 4 nitrogen and oxygen atoms in total. The Labute approximate surface area is 150 Å². The van der Waals surface area contributed by atoms with Gasteiger partial charge in [0, 0.05) is 19.2 Å². The van der Waals surface area contributed by atoms with Gasteiger partial charge in [0.1, 0.15) is 0 Å². The summed E-state index contributed by atoms with van der Waals surface area (Å²) in [6, 6.07) is 3.59. The van der Waals surface area contributed by atoms with Crippen LogP contribution in [0.4, 0.5) is 0 Å². The summed E-state index contributed by atoms with van der Waals surface area (Å²) in [4.78, 5) is 14.2. The van der Waals surface area contributed by atoms with Crippen LogP contribution in [-0.4, -0.2) is 37.1 Å². The third-order valence-electron chi connectivity index (χ3n) is 3.32. The first-order valence-electron chi connectivity index (χ1n) is 8.44. The normalized spacial score (nSPS) is 11.1. The van der Waals surface area contributed by atoms with E-state index in [2.05, 4.69) is 13.8 Å². The maximum absolute atomic E-state index is 12.3. The Hall–Kier alpha value is -1.68. The van der Waals surface area contributed by atoms with E-state index in [0.717, 1.165) is 31.5 Å². The van der Waals surface area contributed by atoms with E-state index in [0.29, 0.717) is 16.5 Å². The van der Waals surface area contributed by atoms with Gasteiger partial charge in [-0.2, -0.15) is 0 Å². The molecule has 1 amide bonds. The summed E-state index contributed by atoms with van der Waals surface area (Å²) in [5.41, 5.74) is 0.800. The molecule has 0 aliphatic carbocycles. The van der Waals surface area contributed by atoms with Crippen LogP contribution in [-0.2, 0) is 4.79 Å². The number of carbonyl (C=O) groups is 1. The zero-order chi connectivity index (χ0) is 18.1. The number of nitrogens with zero attached hydrogens (tertiary/aromatic N) is 1. The maximum Gasteiger partial charge on any atom is 0.246 e. The van der Waals surface area contributed by atoms with E-state index in [1.54, 1.807) is 25.3 Å². The molecule has 0 spiro atoms. The van der Waals surface area contributed by atoms with Gasteiger partial charge in [-0.1, -0.05) is 25.4 Å². The summed E-state index contributed by atoms with van der Waals surface area (Å²) in [6.45, 7) is 9.52. The Morgan fingerprint density at radius 1 is 1.25 bits per heavy atom. The van der Waals surface area contributed by atoms with Crippen molar-refractivity contribution in [3.63, 3.8) is 0 Å². The van der Waals surface area contributed by atoms with Crippen LogP contribution in [0, 0.1) is 0 Å². The number of carbonyl (C=O) groups excluding carboxylic acids is 1. The van der Waals surface area contributed by atoms with Crippen LogP contribution in [0.25, 0.3) is 6.08 Å². The van der Waals surface area contributed by atoms with Crippen LogP contribution >= 0.6 is 11.6 Å². The second-order valence-corrected chi connectivity index (χ2v) is 6.27. The largest absolute Gasteiger partial charge is 0.493 e. The van der Waals surface area contributed by atoms with Crippen LogP contribution < -0.4 is 9.47 Å². The molecule has 24 heavy (non-hydrogen) atoms. The van der Waals surface area contributed by atoms with Gasteiger partial charge in [-0.3, -0.25) is 4.79 Å². The van der Waals surface area contributed by atoms with Gasteiger partial charge in [-0.25, -0.2) is 0 Å². The minimum Gasteiger partial charge on any atom is -0.493 e. The minimum absolute atomic E-state index is 0.00369. The Morgan fingerprint density at radius 2 is 1.88 bits per heavy atom. The molecule has 0 aliphatic rings. The maximum atomic E-state index is 12.3. The average Bonchev–Trinajstić information content (AvgIpc) is 2.54. The first-order chi connectivity index (χ1) is 11.4. The third-order valence-corrected chi connectivity index (χ3v) is 3.60. The van der Waals surface area contributed by atoms with Crippen molar-refractivity contribution >= 4 is 23.6 Å². The van der Waals surface area contributed by atoms with Gasteiger partial charge >= 0.3 is 0 Å². The lowest BCUT2D eigenvalue weighted by molar-refractivity contribution is -0.126. The third kappa shape index (κ3) is 6.08. The molecule has 1 aromatic rings. The Morgan fingerprint density at radius 3 is 2.38 bits per heavy atom. The van der Waals surface area contributed by atoms with Crippen LogP contribution in [0.1, 0.15) is 46.1 Å². The van der Waals surface area contributed by atoms with E-state index in [9.17, 15) is 4.79 Å². The van der Waals surface area contributed by atoms with E-state index in [4.69, 9.17) is 21.1 Å². The first kappa shape index (κ1) is 20.4. The molecule has 0 saturated heterocycles. The van der Waals surface area contributed by atoms with Gasteiger partial charge in [0.25, 0.3) is 0 Å². The molecule has 0 fully saturated rings. The molecule has 5 heteroatoms. The van der Waals surface area contributed by atoms with E-state index >= 15 is 0 Å². The highest BCUT2D eigenvalue weighted by molar-refractivity contribution is 6.32. The summed E-state index contributed by atoms with van der Waals surface area (Å²) in [6.07, 6.45) is 5.23. The molecule has 0 saturated carbocycles. The molecule has 1 rings (SSSR count). The molecule has 0 aromatic heterocycles. The van der Waals surface area contributed by atoms with E-state index in [1.165, 1.54) is 0 Å². The van der Waals surface area contributed by atoms with Gasteiger partial charge in [0.2, 0.25) is 5.91 Å². The number of benzene rings is 1. The molecule has 0 bridgehead atoms. The topological polar surface area (TPSA) is 38.8 Å². The SMILES string of the molecule is CCCN(CCC)C(=O)C=Cc1cc(Cl)c(OC(C)C)c(OC)c1. The lowest BCUT2D eigenvalue weighted by atomic mass is 10.1. The van der Waals surface area contributed by atoms with Gasteiger partial charge < -0.3 is 14.4 Å². The van der Waals surface area contributed by atoms with Crippen LogP contribution in [0.2, 0.25) is 5.02 Å². The predicted octanol–water partition coefficient (Wildman–Crippen LogP) is 4.80. The smallest absolute Gasteiger partial charge is 0.246 e. The number of hydrogen-bond donors (Lipinski definition) is 0. The Bertz CT molecular complexity index is 564. The standard InChI is InChI=1S/C19H28ClNO3/c1-6-10-21(11-7-2)18(22)9-8-15-12-16(20)19(24-14(3)4)17(13-15)23-5/h8-9,12-14H,6-7,10-11H2,1-5H3. The van der Waals surface area contributed by atoms with Gasteiger partial charge in [-0.15, -0.1) is 0 Å². The fraction of sp³-hybridized carbons (Fsp3) is 0.526. The van der Waals surface area contributed by atoms with Gasteiger partial charge in [0.15, 0.2) is 11.5 Å². The summed E-state index contributed by atoms with van der Waals surface area (Å²) in [7, 11) is 1.57. The van der Waals surface area contributed by atoms with E-state index in [1.807, 2.05) is 24.8 Å². The first-order valence-corrected chi connectivity index (χ1v) is 8.81. The quantitative estimate of drug-likeness (QED) is 0.599.